The SMILES string of the molecule is CCOC(=O)N1CCC(N2CCC3(CC2)CN(C(=O)Oc2ccc(F)cc2)Cc2ccccc23)CC1. The number of nitrogens with zero attached hydrogens (tertiary/aromatic N) is 3. The molecule has 192 valence electrons. The Kier molecular flexibility index (Phi) is 7.14. The van der Waals surface area contributed by atoms with Gasteiger partial charge in [-0.2, -0.15) is 0 Å². The summed E-state index contributed by atoms with van der Waals surface area (Å²) >= 11 is 0. The van der Waals surface area contributed by atoms with Crippen LogP contribution in [0.2, 0.25) is 0 Å². The van der Waals surface area contributed by atoms with Gasteiger partial charge in [0.15, 0.2) is 0 Å². The highest BCUT2D eigenvalue weighted by Crippen LogP contribution is 2.42. The second kappa shape index (κ2) is 10.5. The fourth-order valence-corrected chi connectivity index (χ4v) is 6.06. The molecule has 0 atom stereocenters. The zero-order chi connectivity index (χ0) is 25.1. The highest BCUT2D eigenvalue weighted by atomic mass is 19.1. The van der Waals surface area contributed by atoms with Crippen LogP contribution in [0.1, 0.15) is 43.7 Å². The molecule has 0 aliphatic carbocycles. The van der Waals surface area contributed by atoms with Crippen molar-refractivity contribution < 1.29 is 23.5 Å². The third kappa shape index (κ3) is 5.05. The van der Waals surface area contributed by atoms with Crippen LogP contribution in [0.3, 0.4) is 0 Å². The zero-order valence-corrected chi connectivity index (χ0v) is 20.8. The van der Waals surface area contributed by atoms with Crippen LogP contribution in [0.25, 0.3) is 0 Å². The fourth-order valence-electron chi connectivity index (χ4n) is 6.06. The second-order valence-corrected chi connectivity index (χ2v) is 10.1. The van der Waals surface area contributed by atoms with Gasteiger partial charge in [-0.25, -0.2) is 14.0 Å². The lowest BCUT2D eigenvalue weighted by molar-refractivity contribution is 0.0440. The summed E-state index contributed by atoms with van der Waals surface area (Å²) in [6.45, 7) is 6.74. The number of carbonyl (C=O) groups excluding carboxylic acids is 2. The summed E-state index contributed by atoms with van der Waals surface area (Å²) in [4.78, 5) is 31.3. The molecule has 0 saturated carbocycles. The van der Waals surface area contributed by atoms with Crippen molar-refractivity contribution >= 4 is 12.2 Å². The smallest absolute Gasteiger partial charge is 0.415 e. The lowest BCUT2D eigenvalue weighted by atomic mass is 9.68. The molecule has 2 amide bonds. The van der Waals surface area contributed by atoms with Crippen molar-refractivity contribution in [3.8, 4) is 5.75 Å². The molecule has 2 aromatic carbocycles. The number of fused-ring (bicyclic) bond motifs is 2. The van der Waals surface area contributed by atoms with E-state index >= 15 is 0 Å². The average Bonchev–Trinajstić information content (AvgIpc) is 2.91. The van der Waals surface area contributed by atoms with E-state index in [1.165, 1.54) is 29.8 Å². The molecular weight excluding hydrogens is 461 g/mol. The van der Waals surface area contributed by atoms with Gasteiger partial charge in [-0.3, -0.25) is 0 Å². The van der Waals surface area contributed by atoms with Crippen LogP contribution >= 0.6 is 0 Å². The average molecular weight is 496 g/mol. The first-order valence-corrected chi connectivity index (χ1v) is 12.9. The van der Waals surface area contributed by atoms with Crippen LogP contribution in [-0.2, 0) is 16.7 Å². The predicted molar refractivity (Wildman–Crippen MR) is 133 cm³/mol. The number of benzene rings is 2. The maximum atomic E-state index is 13.3. The van der Waals surface area contributed by atoms with Crippen LogP contribution in [0.5, 0.6) is 5.75 Å². The molecule has 36 heavy (non-hydrogen) atoms. The number of piperidine rings is 2. The third-order valence-electron chi connectivity index (χ3n) is 7.98. The lowest BCUT2D eigenvalue weighted by Gasteiger charge is -2.50. The first kappa shape index (κ1) is 24.6. The van der Waals surface area contributed by atoms with Gasteiger partial charge < -0.3 is 24.2 Å². The third-order valence-corrected chi connectivity index (χ3v) is 7.98. The molecule has 2 fully saturated rings. The first-order valence-electron chi connectivity index (χ1n) is 12.9. The molecule has 3 aliphatic rings. The Balaban J connectivity index is 1.25. The van der Waals surface area contributed by atoms with E-state index in [0.29, 0.717) is 31.5 Å². The number of amides is 2. The molecule has 1 spiro atoms. The van der Waals surface area contributed by atoms with Crippen molar-refractivity contribution in [3.05, 3.63) is 65.5 Å². The normalized spacial score (nSPS) is 20.2. The minimum Gasteiger partial charge on any atom is -0.450 e. The summed E-state index contributed by atoms with van der Waals surface area (Å²) in [5.41, 5.74) is 2.39. The molecule has 0 N–H and O–H groups in total. The molecule has 3 heterocycles. The summed E-state index contributed by atoms with van der Waals surface area (Å²) in [5.74, 6) is -0.0164. The summed E-state index contributed by atoms with van der Waals surface area (Å²) < 4.78 is 24.0. The van der Waals surface area contributed by atoms with E-state index in [1.54, 1.807) is 4.90 Å². The topological polar surface area (TPSA) is 62.3 Å². The molecular formula is C28H34FN3O4. The van der Waals surface area contributed by atoms with E-state index in [0.717, 1.165) is 57.4 Å². The molecule has 8 heteroatoms. The predicted octanol–water partition coefficient (Wildman–Crippen LogP) is 4.79. The highest BCUT2D eigenvalue weighted by Gasteiger charge is 2.44. The van der Waals surface area contributed by atoms with Crippen LogP contribution in [0.15, 0.2) is 48.5 Å². The van der Waals surface area contributed by atoms with Crippen LogP contribution in [0.4, 0.5) is 14.0 Å². The van der Waals surface area contributed by atoms with Crippen LogP contribution in [-0.4, -0.2) is 72.3 Å². The maximum absolute atomic E-state index is 13.3. The van der Waals surface area contributed by atoms with Gasteiger partial charge in [0.1, 0.15) is 11.6 Å². The highest BCUT2D eigenvalue weighted by molar-refractivity contribution is 5.71. The van der Waals surface area contributed by atoms with E-state index in [2.05, 4.69) is 23.1 Å². The standard InChI is InChI=1S/C28H34FN3O4/c1-2-35-26(33)31-15-11-23(12-16-31)30-17-13-28(14-18-30)20-32(19-21-5-3-4-6-25(21)28)27(34)36-24-9-7-22(29)8-10-24/h3-10,23H,2,11-20H2,1H3. The van der Waals surface area contributed by atoms with Crippen molar-refractivity contribution in [1.29, 1.82) is 0 Å². The van der Waals surface area contributed by atoms with E-state index in [4.69, 9.17) is 9.47 Å². The molecule has 2 saturated heterocycles. The first-order chi connectivity index (χ1) is 17.5. The van der Waals surface area contributed by atoms with Gasteiger partial charge in [0.2, 0.25) is 0 Å². The summed E-state index contributed by atoms with van der Waals surface area (Å²) in [6.07, 6.45) is 3.23. The molecule has 3 aliphatic heterocycles. The minimum absolute atomic E-state index is 0.112. The Morgan fingerprint density at radius 3 is 2.33 bits per heavy atom. The quantitative estimate of drug-likeness (QED) is 0.613. The number of likely N-dealkylation sites (tertiary alicyclic amines) is 2. The molecule has 0 unspecified atom stereocenters. The molecule has 0 bridgehead atoms. The molecule has 0 aromatic heterocycles. The van der Waals surface area contributed by atoms with Crippen LogP contribution < -0.4 is 4.74 Å². The van der Waals surface area contributed by atoms with E-state index in [-0.39, 0.29) is 17.3 Å². The van der Waals surface area contributed by atoms with Gasteiger partial charge in [0, 0.05) is 37.6 Å². The Labute approximate surface area is 211 Å². The van der Waals surface area contributed by atoms with Crippen molar-refractivity contribution in [2.75, 3.05) is 39.3 Å². The summed E-state index contributed by atoms with van der Waals surface area (Å²) in [7, 11) is 0. The van der Waals surface area contributed by atoms with Gasteiger partial charge in [0.05, 0.1) is 6.61 Å². The van der Waals surface area contributed by atoms with Gasteiger partial charge in [0.25, 0.3) is 0 Å². The van der Waals surface area contributed by atoms with Crippen molar-refractivity contribution in [1.82, 2.24) is 14.7 Å². The molecule has 2 aromatic rings. The van der Waals surface area contributed by atoms with Crippen LogP contribution in [0, 0.1) is 5.82 Å². The Morgan fingerprint density at radius 2 is 1.64 bits per heavy atom. The maximum Gasteiger partial charge on any atom is 0.415 e. The molecule has 7 nitrogen and oxygen atoms in total. The Hall–Kier alpha value is -3.13. The molecule has 0 radical (unpaired) electrons. The monoisotopic (exact) mass is 495 g/mol. The number of carbonyl (C=O) groups is 2. The van der Waals surface area contributed by atoms with E-state index in [9.17, 15) is 14.0 Å². The Morgan fingerprint density at radius 1 is 0.944 bits per heavy atom. The Bertz CT molecular complexity index is 1080. The zero-order valence-electron chi connectivity index (χ0n) is 20.8. The minimum atomic E-state index is -0.399. The number of rotatable bonds is 3. The van der Waals surface area contributed by atoms with Gasteiger partial charge >= 0.3 is 12.2 Å². The number of ether oxygens (including phenoxy) is 2. The fraction of sp³-hybridized carbons (Fsp3) is 0.500. The number of hydrogen-bond acceptors (Lipinski definition) is 5. The van der Waals surface area contributed by atoms with Crippen molar-refractivity contribution in [2.24, 2.45) is 0 Å². The molecule has 5 rings (SSSR count). The lowest BCUT2D eigenvalue weighted by Crippen LogP contribution is -2.56. The summed E-state index contributed by atoms with van der Waals surface area (Å²) in [6, 6.07) is 14.4. The number of hydrogen-bond donors (Lipinski definition) is 0. The van der Waals surface area contributed by atoms with Crippen molar-refractivity contribution in [2.45, 2.75) is 50.6 Å². The van der Waals surface area contributed by atoms with Crippen molar-refractivity contribution in [3.63, 3.8) is 0 Å². The van der Waals surface area contributed by atoms with E-state index < -0.39 is 6.09 Å². The summed E-state index contributed by atoms with van der Waals surface area (Å²) in [5, 5.41) is 0. The van der Waals surface area contributed by atoms with Gasteiger partial charge in [-0.05, 0) is 81.1 Å². The van der Waals surface area contributed by atoms with Gasteiger partial charge in [-0.15, -0.1) is 0 Å². The second-order valence-electron chi connectivity index (χ2n) is 10.1. The number of halogens is 1. The van der Waals surface area contributed by atoms with Gasteiger partial charge in [-0.1, -0.05) is 24.3 Å². The van der Waals surface area contributed by atoms with E-state index in [1.807, 2.05) is 17.9 Å². The largest absolute Gasteiger partial charge is 0.450 e.